The minimum Gasteiger partial charge on any atom is -0.354 e. The van der Waals surface area contributed by atoms with E-state index >= 15 is 0 Å². The molecule has 3 rings (SSSR count). The second-order valence-electron chi connectivity index (χ2n) is 8.86. The normalized spacial score (nSPS) is 11.5. The van der Waals surface area contributed by atoms with E-state index in [-0.39, 0.29) is 30.5 Å². The fourth-order valence-corrected chi connectivity index (χ4v) is 4.13. The molecule has 0 aliphatic rings. The van der Waals surface area contributed by atoms with E-state index in [0.717, 1.165) is 29.5 Å². The summed E-state index contributed by atoms with van der Waals surface area (Å²) in [5.74, 6) is -0.559. The number of para-hydroxylation sites is 1. The second-order valence-corrected chi connectivity index (χ2v) is 8.86. The summed E-state index contributed by atoms with van der Waals surface area (Å²) in [5, 5.41) is 14.5. The van der Waals surface area contributed by atoms with Crippen LogP contribution in [0, 0.1) is 17.0 Å². The van der Waals surface area contributed by atoms with Crippen LogP contribution in [0.1, 0.15) is 42.0 Å². The van der Waals surface area contributed by atoms with Gasteiger partial charge in [-0.1, -0.05) is 86.1 Å². The standard InChI is InChI=1S/C29H33N3O4/c1-3-4-18-30-29(34)27(19-23-13-6-5-7-14-23)31(21-25-16-9-8-12-22(25)2)28(33)20-24-15-10-11-17-26(24)32(35)36/h5-17,27H,3-4,18-21H2,1-2H3,(H,30,34). The van der Waals surface area contributed by atoms with E-state index in [0.29, 0.717) is 18.5 Å². The van der Waals surface area contributed by atoms with Crippen molar-refractivity contribution in [2.24, 2.45) is 0 Å². The van der Waals surface area contributed by atoms with E-state index in [2.05, 4.69) is 5.32 Å². The first-order chi connectivity index (χ1) is 17.4. The molecule has 3 aromatic rings. The van der Waals surface area contributed by atoms with Crippen molar-refractivity contribution in [3.63, 3.8) is 0 Å². The number of carbonyl (C=O) groups excluding carboxylic acids is 2. The lowest BCUT2D eigenvalue weighted by Gasteiger charge is -2.32. The lowest BCUT2D eigenvalue weighted by atomic mass is 10.00. The zero-order chi connectivity index (χ0) is 25.9. The van der Waals surface area contributed by atoms with Crippen LogP contribution in [0.15, 0.2) is 78.9 Å². The van der Waals surface area contributed by atoms with Crippen LogP contribution in [0.2, 0.25) is 0 Å². The average molecular weight is 488 g/mol. The molecule has 0 aromatic heterocycles. The number of aryl methyl sites for hydroxylation is 1. The van der Waals surface area contributed by atoms with Gasteiger partial charge in [-0.3, -0.25) is 19.7 Å². The summed E-state index contributed by atoms with van der Waals surface area (Å²) in [5.41, 5.74) is 3.08. The molecule has 2 amide bonds. The fraction of sp³-hybridized carbons (Fsp3) is 0.310. The van der Waals surface area contributed by atoms with Gasteiger partial charge in [0.25, 0.3) is 5.69 Å². The van der Waals surface area contributed by atoms with Gasteiger partial charge >= 0.3 is 0 Å². The molecule has 3 aromatic carbocycles. The van der Waals surface area contributed by atoms with Crippen molar-refractivity contribution in [3.8, 4) is 0 Å². The number of nitrogens with zero attached hydrogens (tertiary/aromatic N) is 2. The lowest BCUT2D eigenvalue weighted by molar-refractivity contribution is -0.385. The number of rotatable bonds is 12. The van der Waals surface area contributed by atoms with Crippen LogP contribution in [0.3, 0.4) is 0 Å². The SMILES string of the molecule is CCCCNC(=O)C(Cc1ccccc1)N(Cc1ccccc1C)C(=O)Cc1ccccc1[N+](=O)[O-]. The van der Waals surface area contributed by atoms with Crippen LogP contribution < -0.4 is 5.32 Å². The summed E-state index contributed by atoms with van der Waals surface area (Å²) in [6.45, 7) is 4.77. The Morgan fingerprint density at radius 2 is 1.58 bits per heavy atom. The zero-order valence-electron chi connectivity index (χ0n) is 20.9. The highest BCUT2D eigenvalue weighted by molar-refractivity contribution is 5.89. The van der Waals surface area contributed by atoms with Crippen LogP contribution >= 0.6 is 0 Å². The van der Waals surface area contributed by atoms with Crippen molar-refractivity contribution in [1.29, 1.82) is 0 Å². The first-order valence-corrected chi connectivity index (χ1v) is 12.3. The molecule has 7 heteroatoms. The largest absolute Gasteiger partial charge is 0.354 e. The molecule has 0 saturated heterocycles. The van der Waals surface area contributed by atoms with Crippen molar-refractivity contribution < 1.29 is 14.5 Å². The molecule has 188 valence electrons. The minimum absolute atomic E-state index is 0.103. The highest BCUT2D eigenvalue weighted by Crippen LogP contribution is 2.22. The molecule has 0 heterocycles. The number of benzene rings is 3. The van der Waals surface area contributed by atoms with E-state index in [1.807, 2.05) is 68.4 Å². The molecular weight excluding hydrogens is 454 g/mol. The number of amides is 2. The number of unbranched alkanes of at least 4 members (excludes halogenated alkanes) is 1. The molecule has 0 aliphatic carbocycles. The number of nitro groups is 1. The number of carbonyl (C=O) groups is 2. The highest BCUT2D eigenvalue weighted by Gasteiger charge is 2.31. The summed E-state index contributed by atoms with van der Waals surface area (Å²) in [4.78, 5) is 39.9. The summed E-state index contributed by atoms with van der Waals surface area (Å²) in [7, 11) is 0. The molecule has 36 heavy (non-hydrogen) atoms. The Balaban J connectivity index is 2.00. The molecule has 0 radical (unpaired) electrons. The zero-order valence-corrected chi connectivity index (χ0v) is 20.9. The van der Waals surface area contributed by atoms with Crippen molar-refractivity contribution in [1.82, 2.24) is 10.2 Å². The highest BCUT2D eigenvalue weighted by atomic mass is 16.6. The third kappa shape index (κ3) is 7.25. The molecule has 0 fully saturated rings. The van der Waals surface area contributed by atoms with Crippen molar-refractivity contribution in [2.45, 2.75) is 52.1 Å². The predicted octanol–water partition coefficient (Wildman–Crippen LogP) is 5.00. The smallest absolute Gasteiger partial charge is 0.273 e. The van der Waals surface area contributed by atoms with E-state index < -0.39 is 11.0 Å². The monoisotopic (exact) mass is 487 g/mol. The quantitative estimate of drug-likeness (QED) is 0.221. The molecule has 0 bridgehead atoms. The molecule has 0 saturated carbocycles. The Kier molecular flexibility index (Phi) is 9.74. The van der Waals surface area contributed by atoms with Crippen LogP contribution in [0.5, 0.6) is 0 Å². The summed E-state index contributed by atoms with van der Waals surface area (Å²) in [6.07, 6.45) is 1.95. The molecule has 0 spiro atoms. The van der Waals surface area contributed by atoms with E-state index in [1.165, 1.54) is 6.07 Å². The first kappa shape index (κ1) is 26.6. The van der Waals surface area contributed by atoms with E-state index in [9.17, 15) is 19.7 Å². The van der Waals surface area contributed by atoms with Crippen molar-refractivity contribution >= 4 is 17.5 Å². The Morgan fingerprint density at radius 1 is 0.944 bits per heavy atom. The minimum atomic E-state index is -0.765. The van der Waals surface area contributed by atoms with E-state index in [4.69, 9.17) is 0 Å². The van der Waals surface area contributed by atoms with Crippen molar-refractivity contribution in [2.75, 3.05) is 6.54 Å². The van der Waals surface area contributed by atoms with Crippen LogP contribution in [-0.4, -0.2) is 34.2 Å². The molecule has 7 nitrogen and oxygen atoms in total. The molecular formula is C29H33N3O4. The van der Waals surface area contributed by atoms with Gasteiger partial charge in [-0.25, -0.2) is 0 Å². The molecule has 1 N–H and O–H groups in total. The number of nitrogens with one attached hydrogen (secondary N) is 1. The molecule has 1 atom stereocenters. The third-order valence-corrected chi connectivity index (χ3v) is 6.23. The third-order valence-electron chi connectivity index (χ3n) is 6.23. The predicted molar refractivity (Wildman–Crippen MR) is 140 cm³/mol. The maximum atomic E-state index is 13.8. The van der Waals surface area contributed by atoms with Gasteiger partial charge in [0, 0.05) is 31.1 Å². The van der Waals surface area contributed by atoms with Gasteiger partial charge < -0.3 is 10.2 Å². The van der Waals surface area contributed by atoms with Gasteiger partial charge in [0.1, 0.15) is 6.04 Å². The van der Waals surface area contributed by atoms with Gasteiger partial charge in [-0.15, -0.1) is 0 Å². The van der Waals surface area contributed by atoms with Crippen LogP contribution in [-0.2, 0) is 29.0 Å². The first-order valence-electron chi connectivity index (χ1n) is 12.3. The summed E-state index contributed by atoms with van der Waals surface area (Å²) in [6, 6.07) is 22.8. The lowest BCUT2D eigenvalue weighted by Crippen LogP contribution is -2.51. The second kappa shape index (κ2) is 13.2. The summed E-state index contributed by atoms with van der Waals surface area (Å²) >= 11 is 0. The van der Waals surface area contributed by atoms with Crippen LogP contribution in [0.25, 0.3) is 0 Å². The maximum Gasteiger partial charge on any atom is 0.273 e. The molecule has 0 aliphatic heterocycles. The van der Waals surface area contributed by atoms with Gasteiger partial charge in [-0.05, 0) is 30.0 Å². The van der Waals surface area contributed by atoms with Gasteiger partial charge in [0.05, 0.1) is 11.3 Å². The number of nitro benzene ring substituents is 1. The van der Waals surface area contributed by atoms with Gasteiger partial charge in [-0.2, -0.15) is 0 Å². The van der Waals surface area contributed by atoms with E-state index in [1.54, 1.807) is 23.1 Å². The molecule has 1 unspecified atom stereocenters. The van der Waals surface area contributed by atoms with Gasteiger partial charge in [0.2, 0.25) is 11.8 Å². The number of hydrogen-bond acceptors (Lipinski definition) is 4. The summed E-state index contributed by atoms with van der Waals surface area (Å²) < 4.78 is 0. The Hall–Kier alpha value is -4.00. The van der Waals surface area contributed by atoms with Gasteiger partial charge in [0.15, 0.2) is 0 Å². The van der Waals surface area contributed by atoms with Crippen molar-refractivity contribution in [3.05, 3.63) is 111 Å². The maximum absolute atomic E-state index is 13.8. The topological polar surface area (TPSA) is 92.6 Å². The fourth-order valence-electron chi connectivity index (χ4n) is 4.13. The number of hydrogen-bond donors (Lipinski definition) is 1. The Bertz CT molecular complexity index is 1180. The average Bonchev–Trinajstić information content (AvgIpc) is 2.88. The Morgan fingerprint density at radius 3 is 2.25 bits per heavy atom. The Labute approximate surface area is 212 Å². The van der Waals surface area contributed by atoms with Crippen LogP contribution in [0.4, 0.5) is 5.69 Å².